The van der Waals surface area contributed by atoms with E-state index in [0.29, 0.717) is 6.04 Å². The molecule has 0 amide bonds. The average molecular weight is 274 g/mol. The van der Waals surface area contributed by atoms with Crippen LogP contribution in [0.3, 0.4) is 0 Å². The number of thiazole rings is 1. The quantitative estimate of drug-likeness (QED) is 0.930. The molecule has 2 aromatic rings. The molecule has 0 spiro atoms. The van der Waals surface area contributed by atoms with Crippen molar-refractivity contribution < 1.29 is 4.74 Å². The summed E-state index contributed by atoms with van der Waals surface area (Å²) in [5.41, 5.74) is 3.17. The molecule has 1 fully saturated rings. The van der Waals surface area contributed by atoms with Gasteiger partial charge in [0.1, 0.15) is 0 Å². The van der Waals surface area contributed by atoms with Gasteiger partial charge in [-0.05, 0) is 18.4 Å². The molecule has 0 bridgehead atoms. The van der Waals surface area contributed by atoms with E-state index in [1.54, 1.807) is 11.3 Å². The molecule has 0 unspecified atom stereocenters. The standard InChI is InChI=1S/C15H18N2OS/c1-2-4-12(5-3-1)15-8-13(6-7-18-15)17-10-14-9-16-11-19-14/h1-5,9,11,13,15,17H,6-8,10H2/t13-,15-/m1/s1. The molecular formula is C15H18N2OS. The highest BCUT2D eigenvalue weighted by molar-refractivity contribution is 7.09. The number of aromatic nitrogens is 1. The maximum absolute atomic E-state index is 5.88. The Morgan fingerprint density at radius 1 is 1.32 bits per heavy atom. The van der Waals surface area contributed by atoms with Gasteiger partial charge in [0.25, 0.3) is 0 Å². The Labute approximate surface area is 117 Å². The Bertz CT molecular complexity index is 486. The largest absolute Gasteiger partial charge is 0.373 e. The molecule has 1 aliphatic rings. The second kappa shape index (κ2) is 6.28. The molecule has 0 radical (unpaired) electrons. The van der Waals surface area contributed by atoms with Crippen LogP contribution < -0.4 is 5.32 Å². The van der Waals surface area contributed by atoms with Crippen LogP contribution in [-0.4, -0.2) is 17.6 Å². The first-order valence-electron chi connectivity index (χ1n) is 6.69. The van der Waals surface area contributed by atoms with Gasteiger partial charge in [-0.15, -0.1) is 11.3 Å². The van der Waals surface area contributed by atoms with Gasteiger partial charge in [-0.3, -0.25) is 4.98 Å². The minimum Gasteiger partial charge on any atom is -0.373 e. The summed E-state index contributed by atoms with van der Waals surface area (Å²) in [5, 5.41) is 3.61. The number of nitrogens with zero attached hydrogens (tertiary/aromatic N) is 1. The predicted molar refractivity (Wildman–Crippen MR) is 77.1 cm³/mol. The first-order valence-corrected chi connectivity index (χ1v) is 7.57. The van der Waals surface area contributed by atoms with Crippen molar-refractivity contribution in [3.63, 3.8) is 0 Å². The summed E-state index contributed by atoms with van der Waals surface area (Å²) in [6, 6.07) is 11.0. The van der Waals surface area contributed by atoms with Crippen LogP contribution in [0.5, 0.6) is 0 Å². The summed E-state index contributed by atoms with van der Waals surface area (Å²) in [6.07, 6.45) is 4.30. The van der Waals surface area contributed by atoms with E-state index < -0.39 is 0 Å². The van der Waals surface area contributed by atoms with Crippen LogP contribution >= 0.6 is 11.3 Å². The van der Waals surface area contributed by atoms with Crippen LogP contribution in [0.2, 0.25) is 0 Å². The number of benzene rings is 1. The maximum atomic E-state index is 5.88. The van der Waals surface area contributed by atoms with E-state index in [4.69, 9.17) is 4.74 Å². The van der Waals surface area contributed by atoms with Gasteiger partial charge < -0.3 is 10.1 Å². The molecule has 2 heterocycles. The number of rotatable bonds is 4. The van der Waals surface area contributed by atoms with Crippen LogP contribution in [0.4, 0.5) is 0 Å². The summed E-state index contributed by atoms with van der Waals surface area (Å²) >= 11 is 1.70. The van der Waals surface area contributed by atoms with Crippen LogP contribution in [0, 0.1) is 0 Å². The third-order valence-electron chi connectivity index (χ3n) is 3.50. The second-order valence-corrected chi connectivity index (χ2v) is 5.81. The van der Waals surface area contributed by atoms with Gasteiger partial charge in [0.2, 0.25) is 0 Å². The molecule has 0 aliphatic carbocycles. The van der Waals surface area contributed by atoms with Crippen molar-refractivity contribution in [1.29, 1.82) is 0 Å². The van der Waals surface area contributed by atoms with Crippen LogP contribution in [-0.2, 0) is 11.3 Å². The van der Waals surface area contributed by atoms with E-state index in [9.17, 15) is 0 Å². The normalized spacial score (nSPS) is 23.4. The van der Waals surface area contributed by atoms with Gasteiger partial charge in [0.05, 0.1) is 11.6 Å². The van der Waals surface area contributed by atoms with E-state index >= 15 is 0 Å². The Hall–Kier alpha value is -1.23. The summed E-state index contributed by atoms with van der Waals surface area (Å²) in [6.45, 7) is 1.75. The first kappa shape index (κ1) is 12.8. The highest BCUT2D eigenvalue weighted by atomic mass is 32.1. The van der Waals surface area contributed by atoms with Crippen molar-refractivity contribution in [1.82, 2.24) is 10.3 Å². The van der Waals surface area contributed by atoms with E-state index in [2.05, 4.69) is 34.6 Å². The van der Waals surface area contributed by atoms with E-state index in [1.165, 1.54) is 10.4 Å². The molecule has 4 heteroatoms. The lowest BCUT2D eigenvalue weighted by molar-refractivity contribution is 0.000000559. The smallest absolute Gasteiger partial charge is 0.0839 e. The van der Waals surface area contributed by atoms with E-state index in [0.717, 1.165) is 26.0 Å². The van der Waals surface area contributed by atoms with Crippen molar-refractivity contribution in [3.05, 3.63) is 52.5 Å². The fourth-order valence-corrected chi connectivity index (χ4v) is 3.00. The highest BCUT2D eigenvalue weighted by Gasteiger charge is 2.23. The zero-order valence-corrected chi connectivity index (χ0v) is 11.6. The lowest BCUT2D eigenvalue weighted by Gasteiger charge is -2.30. The summed E-state index contributed by atoms with van der Waals surface area (Å²) in [4.78, 5) is 5.40. The molecular weight excluding hydrogens is 256 g/mol. The van der Waals surface area contributed by atoms with Gasteiger partial charge in [-0.1, -0.05) is 30.3 Å². The van der Waals surface area contributed by atoms with Gasteiger partial charge in [-0.25, -0.2) is 0 Å². The molecule has 1 aromatic carbocycles. The van der Waals surface area contributed by atoms with Crippen LogP contribution in [0.1, 0.15) is 29.4 Å². The molecule has 1 saturated heterocycles. The van der Waals surface area contributed by atoms with Gasteiger partial charge in [0.15, 0.2) is 0 Å². The zero-order chi connectivity index (χ0) is 12.9. The SMILES string of the molecule is c1ccc([C@H]2C[C@H](NCc3cncs3)CCO2)cc1. The minimum absolute atomic E-state index is 0.230. The molecule has 1 aliphatic heterocycles. The van der Waals surface area contributed by atoms with Gasteiger partial charge in [-0.2, -0.15) is 0 Å². The molecule has 3 rings (SSSR count). The van der Waals surface area contributed by atoms with Crippen molar-refractivity contribution >= 4 is 11.3 Å². The van der Waals surface area contributed by atoms with Crippen LogP contribution in [0.15, 0.2) is 42.0 Å². The zero-order valence-electron chi connectivity index (χ0n) is 10.8. The molecule has 1 aromatic heterocycles. The number of ether oxygens (including phenoxy) is 1. The Morgan fingerprint density at radius 2 is 2.21 bits per heavy atom. The third kappa shape index (κ3) is 3.41. The van der Waals surface area contributed by atoms with Crippen molar-refractivity contribution in [2.45, 2.75) is 31.5 Å². The molecule has 2 atom stereocenters. The molecule has 0 saturated carbocycles. The third-order valence-corrected chi connectivity index (χ3v) is 4.28. The molecule has 19 heavy (non-hydrogen) atoms. The van der Waals surface area contributed by atoms with Crippen molar-refractivity contribution in [2.24, 2.45) is 0 Å². The fraction of sp³-hybridized carbons (Fsp3) is 0.400. The summed E-state index contributed by atoms with van der Waals surface area (Å²) < 4.78 is 5.88. The minimum atomic E-state index is 0.230. The first-order chi connectivity index (χ1) is 9.42. The van der Waals surface area contributed by atoms with Gasteiger partial charge in [0, 0.05) is 30.3 Å². The summed E-state index contributed by atoms with van der Waals surface area (Å²) in [5.74, 6) is 0. The van der Waals surface area contributed by atoms with Crippen molar-refractivity contribution in [3.8, 4) is 0 Å². The topological polar surface area (TPSA) is 34.2 Å². The predicted octanol–water partition coefficient (Wildman–Crippen LogP) is 3.15. The maximum Gasteiger partial charge on any atom is 0.0839 e. The lowest BCUT2D eigenvalue weighted by Crippen LogP contribution is -2.35. The molecule has 100 valence electrons. The lowest BCUT2D eigenvalue weighted by atomic mass is 9.97. The number of nitrogens with one attached hydrogen (secondary N) is 1. The van der Waals surface area contributed by atoms with Gasteiger partial charge >= 0.3 is 0 Å². The Kier molecular flexibility index (Phi) is 4.23. The summed E-state index contributed by atoms with van der Waals surface area (Å²) in [7, 11) is 0. The second-order valence-electron chi connectivity index (χ2n) is 4.84. The monoisotopic (exact) mass is 274 g/mol. The fourth-order valence-electron chi connectivity index (χ4n) is 2.46. The Morgan fingerprint density at radius 3 is 3.00 bits per heavy atom. The number of hydrogen-bond acceptors (Lipinski definition) is 4. The van der Waals surface area contributed by atoms with E-state index in [-0.39, 0.29) is 6.10 Å². The number of hydrogen-bond donors (Lipinski definition) is 1. The highest BCUT2D eigenvalue weighted by Crippen LogP contribution is 2.28. The van der Waals surface area contributed by atoms with Crippen LogP contribution in [0.25, 0.3) is 0 Å². The molecule has 1 N–H and O–H groups in total. The van der Waals surface area contributed by atoms with Crippen molar-refractivity contribution in [2.75, 3.05) is 6.61 Å². The molecule has 3 nitrogen and oxygen atoms in total. The van der Waals surface area contributed by atoms with E-state index in [1.807, 2.05) is 17.8 Å². The average Bonchev–Trinajstić information content (AvgIpc) is 3.00. The Balaban J connectivity index is 1.56.